The van der Waals surface area contributed by atoms with E-state index in [4.69, 9.17) is 4.42 Å². The molecule has 1 aliphatic heterocycles. The van der Waals surface area contributed by atoms with Crippen molar-refractivity contribution in [2.75, 3.05) is 13.1 Å². The van der Waals surface area contributed by atoms with E-state index in [0.717, 1.165) is 11.9 Å². The van der Waals surface area contributed by atoms with Gasteiger partial charge in [-0.15, -0.1) is 10.2 Å². The molecule has 1 N–H and O–H groups in total. The van der Waals surface area contributed by atoms with Gasteiger partial charge >= 0.3 is 0 Å². The van der Waals surface area contributed by atoms with Gasteiger partial charge in [0, 0.05) is 38.2 Å². The smallest absolute Gasteiger partial charge is 0.255 e. The van der Waals surface area contributed by atoms with Crippen LogP contribution in [0.25, 0.3) is 0 Å². The van der Waals surface area contributed by atoms with Crippen molar-refractivity contribution >= 4 is 5.91 Å². The van der Waals surface area contributed by atoms with Crippen LogP contribution in [0.5, 0.6) is 0 Å². The third kappa shape index (κ3) is 4.51. The summed E-state index contributed by atoms with van der Waals surface area (Å²) in [5, 5.41) is 11.8. The standard InChI is InChI=1S/C22H25F2N5O2/c1-14(2)20(25-22(30)16-7-11-31-13-16)21-27-26-18-6-8-28(9-10-29(18)21)12-15-4-3-5-17(23)19(15)24/h3-5,7,11,13-14,20H,6,8-10,12H2,1-2H3,(H,25,30). The number of fused-ring (bicyclic) bond motifs is 1. The molecule has 0 fully saturated rings. The first-order valence-corrected chi connectivity index (χ1v) is 10.3. The molecule has 4 rings (SSSR count). The van der Waals surface area contributed by atoms with Crippen LogP contribution in [0.15, 0.2) is 41.2 Å². The van der Waals surface area contributed by atoms with Crippen molar-refractivity contribution in [3.05, 3.63) is 71.2 Å². The van der Waals surface area contributed by atoms with Crippen molar-refractivity contribution in [1.82, 2.24) is 25.0 Å². The highest BCUT2D eigenvalue weighted by Gasteiger charge is 2.28. The normalized spacial score (nSPS) is 15.5. The molecule has 3 heterocycles. The van der Waals surface area contributed by atoms with Crippen molar-refractivity contribution in [2.45, 2.75) is 39.4 Å². The van der Waals surface area contributed by atoms with Crippen LogP contribution in [0.3, 0.4) is 0 Å². The van der Waals surface area contributed by atoms with E-state index in [9.17, 15) is 13.6 Å². The predicted octanol–water partition coefficient (Wildman–Crippen LogP) is 3.33. The Balaban J connectivity index is 1.50. The van der Waals surface area contributed by atoms with Crippen molar-refractivity contribution in [2.24, 2.45) is 5.92 Å². The minimum atomic E-state index is -0.833. The van der Waals surface area contributed by atoms with E-state index in [1.807, 2.05) is 18.4 Å². The lowest BCUT2D eigenvalue weighted by Gasteiger charge is -2.23. The summed E-state index contributed by atoms with van der Waals surface area (Å²) < 4.78 is 34.7. The maximum atomic E-state index is 14.1. The summed E-state index contributed by atoms with van der Waals surface area (Å²) in [6.45, 7) is 6.23. The molecule has 0 saturated heterocycles. The van der Waals surface area contributed by atoms with Gasteiger partial charge < -0.3 is 14.3 Å². The first kappa shape index (κ1) is 21.2. The predicted molar refractivity (Wildman–Crippen MR) is 109 cm³/mol. The SMILES string of the molecule is CC(C)C(NC(=O)c1ccoc1)c1nnc2n1CCN(Cc1cccc(F)c1F)CC2. The van der Waals surface area contributed by atoms with Gasteiger partial charge in [0.15, 0.2) is 17.5 Å². The fourth-order valence-corrected chi connectivity index (χ4v) is 3.84. The molecule has 164 valence electrons. The van der Waals surface area contributed by atoms with Gasteiger partial charge in [-0.2, -0.15) is 0 Å². The summed E-state index contributed by atoms with van der Waals surface area (Å²) in [5.41, 5.74) is 0.787. The van der Waals surface area contributed by atoms with E-state index < -0.39 is 11.6 Å². The maximum absolute atomic E-state index is 14.1. The number of rotatable bonds is 6. The molecular formula is C22H25F2N5O2. The van der Waals surface area contributed by atoms with Crippen LogP contribution in [0.2, 0.25) is 0 Å². The topological polar surface area (TPSA) is 76.2 Å². The lowest BCUT2D eigenvalue weighted by molar-refractivity contribution is 0.0921. The lowest BCUT2D eigenvalue weighted by atomic mass is 10.0. The van der Waals surface area contributed by atoms with Gasteiger partial charge in [-0.25, -0.2) is 8.78 Å². The number of hydrogen-bond donors (Lipinski definition) is 1. The lowest BCUT2D eigenvalue weighted by Crippen LogP contribution is -2.34. The first-order chi connectivity index (χ1) is 14.9. The van der Waals surface area contributed by atoms with Gasteiger partial charge in [-0.05, 0) is 18.1 Å². The number of carbonyl (C=O) groups excluding carboxylic acids is 1. The van der Waals surface area contributed by atoms with E-state index in [0.29, 0.717) is 49.6 Å². The second-order valence-electron chi connectivity index (χ2n) is 8.07. The van der Waals surface area contributed by atoms with Gasteiger partial charge in [0.2, 0.25) is 0 Å². The largest absolute Gasteiger partial charge is 0.472 e. The van der Waals surface area contributed by atoms with Crippen LogP contribution < -0.4 is 5.32 Å². The summed E-state index contributed by atoms with van der Waals surface area (Å²) in [5.74, 6) is -0.263. The van der Waals surface area contributed by atoms with Gasteiger partial charge in [0.05, 0.1) is 17.9 Å². The summed E-state index contributed by atoms with van der Waals surface area (Å²) in [7, 11) is 0. The average molecular weight is 429 g/mol. The second-order valence-corrected chi connectivity index (χ2v) is 8.07. The molecule has 9 heteroatoms. The van der Waals surface area contributed by atoms with Crippen LogP contribution in [0.4, 0.5) is 8.78 Å². The van der Waals surface area contributed by atoms with Crippen molar-refractivity contribution in [3.8, 4) is 0 Å². The third-order valence-corrected chi connectivity index (χ3v) is 5.59. The minimum Gasteiger partial charge on any atom is -0.472 e. The molecule has 31 heavy (non-hydrogen) atoms. The Bertz CT molecular complexity index is 1050. The van der Waals surface area contributed by atoms with Crippen LogP contribution in [0, 0.1) is 17.6 Å². The highest BCUT2D eigenvalue weighted by molar-refractivity contribution is 5.94. The Morgan fingerprint density at radius 2 is 2.03 bits per heavy atom. The first-order valence-electron chi connectivity index (χ1n) is 10.3. The van der Waals surface area contributed by atoms with Crippen LogP contribution >= 0.6 is 0 Å². The van der Waals surface area contributed by atoms with Crippen LogP contribution in [-0.2, 0) is 19.5 Å². The van der Waals surface area contributed by atoms with E-state index in [1.165, 1.54) is 18.6 Å². The molecule has 0 spiro atoms. The molecule has 0 bridgehead atoms. The number of hydrogen-bond acceptors (Lipinski definition) is 5. The fourth-order valence-electron chi connectivity index (χ4n) is 3.84. The molecule has 1 amide bonds. The number of halogens is 2. The molecule has 3 aromatic rings. The van der Waals surface area contributed by atoms with E-state index >= 15 is 0 Å². The number of nitrogens with zero attached hydrogens (tertiary/aromatic N) is 4. The number of carbonyl (C=O) groups is 1. The highest BCUT2D eigenvalue weighted by atomic mass is 19.2. The fraction of sp³-hybridized carbons (Fsp3) is 0.409. The molecule has 2 aromatic heterocycles. The maximum Gasteiger partial charge on any atom is 0.255 e. The summed E-state index contributed by atoms with van der Waals surface area (Å²) in [4.78, 5) is 14.6. The van der Waals surface area contributed by atoms with E-state index in [-0.39, 0.29) is 17.9 Å². The van der Waals surface area contributed by atoms with Crippen molar-refractivity contribution in [3.63, 3.8) is 0 Å². The van der Waals surface area contributed by atoms with Gasteiger partial charge in [-0.3, -0.25) is 9.69 Å². The Kier molecular flexibility index (Phi) is 6.13. The monoisotopic (exact) mass is 429 g/mol. The molecule has 1 aliphatic rings. The molecule has 1 unspecified atom stereocenters. The van der Waals surface area contributed by atoms with Gasteiger partial charge in [0.1, 0.15) is 12.1 Å². The average Bonchev–Trinajstić information content (AvgIpc) is 3.37. The third-order valence-electron chi connectivity index (χ3n) is 5.59. The van der Waals surface area contributed by atoms with E-state index in [1.54, 1.807) is 12.1 Å². The minimum absolute atomic E-state index is 0.0879. The zero-order chi connectivity index (χ0) is 22.0. The molecule has 1 atom stereocenters. The summed E-state index contributed by atoms with van der Waals surface area (Å²) in [6, 6.07) is 5.54. The Morgan fingerprint density at radius 1 is 1.19 bits per heavy atom. The summed E-state index contributed by atoms with van der Waals surface area (Å²) in [6.07, 6.45) is 3.49. The Morgan fingerprint density at radius 3 is 2.77 bits per heavy atom. The van der Waals surface area contributed by atoms with Crippen LogP contribution in [0.1, 0.15) is 47.5 Å². The molecule has 1 aromatic carbocycles. The Labute approximate surface area is 179 Å². The number of aromatic nitrogens is 3. The molecule has 0 saturated carbocycles. The van der Waals surface area contributed by atoms with Crippen LogP contribution in [-0.4, -0.2) is 38.7 Å². The van der Waals surface area contributed by atoms with Crippen molar-refractivity contribution < 1.29 is 18.0 Å². The zero-order valence-electron chi connectivity index (χ0n) is 17.5. The second kappa shape index (κ2) is 8.97. The molecule has 0 aliphatic carbocycles. The number of amides is 1. The molecular weight excluding hydrogens is 404 g/mol. The number of nitrogens with one attached hydrogen (secondary N) is 1. The molecule has 0 radical (unpaired) electrons. The number of benzene rings is 1. The van der Waals surface area contributed by atoms with Gasteiger partial charge in [-0.1, -0.05) is 26.0 Å². The van der Waals surface area contributed by atoms with Gasteiger partial charge in [0.25, 0.3) is 5.91 Å². The highest BCUT2D eigenvalue weighted by Crippen LogP contribution is 2.24. The zero-order valence-corrected chi connectivity index (χ0v) is 17.5. The number of furan rings is 1. The van der Waals surface area contributed by atoms with Crippen molar-refractivity contribution in [1.29, 1.82) is 0 Å². The molecule has 7 nitrogen and oxygen atoms in total. The summed E-state index contributed by atoms with van der Waals surface area (Å²) >= 11 is 0. The quantitative estimate of drug-likeness (QED) is 0.651. The van der Waals surface area contributed by atoms with E-state index in [2.05, 4.69) is 20.4 Å². The Hall–Kier alpha value is -3.07.